The van der Waals surface area contributed by atoms with Crippen LogP contribution in [0.2, 0.25) is 5.02 Å². The van der Waals surface area contributed by atoms with E-state index in [0.717, 1.165) is 18.4 Å². The minimum atomic E-state index is -0.934. The number of benzene rings is 1. The van der Waals surface area contributed by atoms with Crippen LogP contribution in [0.25, 0.3) is 0 Å². The zero-order valence-corrected chi connectivity index (χ0v) is 15.7. The average Bonchev–Trinajstić information content (AvgIpc) is 2.59. The number of hydrogen-bond acceptors (Lipinski definition) is 3. The summed E-state index contributed by atoms with van der Waals surface area (Å²) in [6.07, 6.45) is 1.79. The Hall–Kier alpha value is -1.59. The van der Waals surface area contributed by atoms with Crippen LogP contribution in [0.15, 0.2) is 24.3 Å². The molecule has 5 nitrogen and oxygen atoms in total. The number of hydrogen-bond donors (Lipinski definition) is 1. The van der Waals surface area contributed by atoms with Gasteiger partial charge in [-0.05, 0) is 43.9 Å². The lowest BCUT2D eigenvalue weighted by Crippen LogP contribution is -2.53. The summed E-state index contributed by atoms with van der Waals surface area (Å²) in [6, 6.07) is 7.34. The Morgan fingerprint density at radius 3 is 2.52 bits per heavy atom. The van der Waals surface area contributed by atoms with Crippen LogP contribution in [0, 0.1) is 5.92 Å². The summed E-state index contributed by atoms with van der Waals surface area (Å²) in [5, 5.41) is 9.78. The van der Waals surface area contributed by atoms with Crippen LogP contribution in [-0.4, -0.2) is 41.1 Å². The Balaban J connectivity index is 2.38. The molecule has 0 spiro atoms. The van der Waals surface area contributed by atoms with Crippen LogP contribution < -0.4 is 0 Å². The van der Waals surface area contributed by atoms with Crippen LogP contribution in [0.1, 0.15) is 51.1 Å². The fourth-order valence-corrected chi connectivity index (χ4v) is 3.83. The second kappa shape index (κ2) is 8.68. The van der Waals surface area contributed by atoms with Crippen molar-refractivity contribution >= 4 is 23.5 Å². The SMILES string of the molecule is CCC(C(C)OC)N1C(=O)C(CC(=O)O)CCC1c1ccc(Cl)cc1. The summed E-state index contributed by atoms with van der Waals surface area (Å²) in [6.45, 7) is 3.97. The molecule has 1 heterocycles. The normalized spacial score (nSPS) is 23.4. The Bertz CT molecular complexity index is 604. The molecule has 1 N–H and O–H groups in total. The highest BCUT2D eigenvalue weighted by Crippen LogP contribution is 2.38. The predicted molar refractivity (Wildman–Crippen MR) is 96.6 cm³/mol. The van der Waals surface area contributed by atoms with Crippen molar-refractivity contribution in [1.82, 2.24) is 4.90 Å². The molecular weight excluding hydrogens is 342 g/mol. The summed E-state index contributed by atoms with van der Waals surface area (Å²) in [7, 11) is 1.63. The minimum Gasteiger partial charge on any atom is -0.481 e. The van der Waals surface area contributed by atoms with Gasteiger partial charge in [0.05, 0.1) is 24.6 Å². The van der Waals surface area contributed by atoms with Crippen molar-refractivity contribution < 1.29 is 19.4 Å². The summed E-state index contributed by atoms with van der Waals surface area (Å²) < 4.78 is 5.49. The van der Waals surface area contributed by atoms with Gasteiger partial charge in [-0.2, -0.15) is 0 Å². The molecule has 0 saturated carbocycles. The van der Waals surface area contributed by atoms with E-state index in [1.165, 1.54) is 0 Å². The molecule has 0 aliphatic carbocycles. The molecule has 1 aromatic carbocycles. The Labute approximate surface area is 153 Å². The van der Waals surface area contributed by atoms with Gasteiger partial charge in [-0.3, -0.25) is 9.59 Å². The molecule has 1 aliphatic rings. The Kier molecular flexibility index (Phi) is 6.85. The van der Waals surface area contributed by atoms with Crippen molar-refractivity contribution in [2.75, 3.05) is 7.11 Å². The Morgan fingerprint density at radius 2 is 2.00 bits per heavy atom. The first-order valence-electron chi connectivity index (χ1n) is 8.71. The van der Waals surface area contributed by atoms with E-state index in [4.69, 9.17) is 21.4 Å². The minimum absolute atomic E-state index is 0.0858. The fourth-order valence-electron chi connectivity index (χ4n) is 3.70. The quantitative estimate of drug-likeness (QED) is 0.793. The number of rotatable bonds is 7. The van der Waals surface area contributed by atoms with E-state index in [-0.39, 0.29) is 30.5 Å². The Morgan fingerprint density at radius 1 is 1.36 bits per heavy atom. The molecule has 2 rings (SSSR count). The van der Waals surface area contributed by atoms with E-state index >= 15 is 0 Å². The van der Waals surface area contributed by atoms with Gasteiger partial charge < -0.3 is 14.7 Å². The van der Waals surface area contributed by atoms with Crippen molar-refractivity contribution in [2.45, 2.75) is 57.7 Å². The number of piperidine rings is 1. The maximum atomic E-state index is 13.1. The van der Waals surface area contributed by atoms with E-state index in [0.29, 0.717) is 11.4 Å². The zero-order valence-electron chi connectivity index (χ0n) is 14.9. The monoisotopic (exact) mass is 367 g/mol. The van der Waals surface area contributed by atoms with Crippen molar-refractivity contribution in [1.29, 1.82) is 0 Å². The van der Waals surface area contributed by atoms with Crippen molar-refractivity contribution in [3.63, 3.8) is 0 Å². The zero-order chi connectivity index (χ0) is 18.6. The molecule has 0 radical (unpaired) electrons. The molecule has 0 bridgehead atoms. The van der Waals surface area contributed by atoms with Gasteiger partial charge in [0.25, 0.3) is 0 Å². The largest absolute Gasteiger partial charge is 0.481 e. The number of amides is 1. The number of likely N-dealkylation sites (tertiary alicyclic amines) is 1. The molecular formula is C19H26ClNO4. The number of ether oxygens (including phenoxy) is 1. The number of carboxylic acids is 1. The summed E-state index contributed by atoms with van der Waals surface area (Å²) in [5.74, 6) is -1.50. The molecule has 1 amide bonds. The van der Waals surface area contributed by atoms with E-state index in [1.54, 1.807) is 7.11 Å². The maximum absolute atomic E-state index is 13.1. The predicted octanol–water partition coefficient (Wildman–Crippen LogP) is 3.91. The molecule has 1 aliphatic heterocycles. The highest BCUT2D eigenvalue weighted by Gasteiger charge is 2.41. The van der Waals surface area contributed by atoms with Gasteiger partial charge >= 0.3 is 5.97 Å². The second-order valence-electron chi connectivity index (χ2n) is 6.60. The van der Waals surface area contributed by atoms with Gasteiger partial charge in [0.15, 0.2) is 0 Å². The van der Waals surface area contributed by atoms with E-state index in [9.17, 15) is 9.59 Å². The van der Waals surface area contributed by atoms with E-state index in [1.807, 2.05) is 43.0 Å². The standard InChI is InChI=1S/C19H26ClNO4/c1-4-16(12(2)25-3)21-17(13-5-8-15(20)9-6-13)10-7-14(19(21)24)11-18(22)23/h5-6,8-9,12,14,16-17H,4,7,10-11H2,1-3H3,(H,22,23). The summed E-state index contributed by atoms with van der Waals surface area (Å²) in [5.41, 5.74) is 1.02. The number of methoxy groups -OCH3 is 1. The fraction of sp³-hybridized carbons (Fsp3) is 0.579. The summed E-state index contributed by atoms with van der Waals surface area (Å²) >= 11 is 5.99. The molecule has 1 aromatic rings. The smallest absolute Gasteiger partial charge is 0.304 e. The number of carboxylic acid groups (broad SMARTS) is 1. The van der Waals surface area contributed by atoms with E-state index < -0.39 is 11.9 Å². The third-order valence-corrected chi connectivity index (χ3v) is 5.35. The first-order valence-corrected chi connectivity index (χ1v) is 9.09. The second-order valence-corrected chi connectivity index (χ2v) is 7.04. The van der Waals surface area contributed by atoms with E-state index in [2.05, 4.69) is 0 Å². The number of halogens is 1. The number of carbonyl (C=O) groups is 2. The molecule has 1 fully saturated rings. The molecule has 6 heteroatoms. The molecule has 138 valence electrons. The lowest BCUT2D eigenvalue weighted by Gasteiger charge is -2.45. The molecule has 1 saturated heterocycles. The third-order valence-electron chi connectivity index (χ3n) is 5.09. The molecule has 0 aromatic heterocycles. The summed E-state index contributed by atoms with van der Waals surface area (Å²) in [4.78, 5) is 26.1. The number of aliphatic carboxylic acids is 1. The van der Waals surface area contributed by atoms with Crippen LogP contribution in [-0.2, 0) is 14.3 Å². The molecule has 25 heavy (non-hydrogen) atoms. The molecule has 4 atom stereocenters. The van der Waals surface area contributed by atoms with Gasteiger partial charge in [-0.25, -0.2) is 0 Å². The third kappa shape index (κ3) is 4.53. The van der Waals surface area contributed by atoms with Gasteiger partial charge in [0.2, 0.25) is 5.91 Å². The van der Waals surface area contributed by atoms with Crippen LogP contribution in [0.3, 0.4) is 0 Å². The van der Waals surface area contributed by atoms with Crippen molar-refractivity contribution in [2.24, 2.45) is 5.92 Å². The number of nitrogens with zero attached hydrogens (tertiary/aromatic N) is 1. The van der Waals surface area contributed by atoms with Crippen LogP contribution >= 0.6 is 11.6 Å². The van der Waals surface area contributed by atoms with Gasteiger partial charge in [0.1, 0.15) is 0 Å². The first kappa shape index (κ1) is 19.7. The van der Waals surface area contributed by atoms with Crippen LogP contribution in [0.4, 0.5) is 0 Å². The van der Waals surface area contributed by atoms with Crippen molar-refractivity contribution in [3.05, 3.63) is 34.9 Å². The highest BCUT2D eigenvalue weighted by molar-refractivity contribution is 6.30. The topological polar surface area (TPSA) is 66.8 Å². The van der Waals surface area contributed by atoms with Gasteiger partial charge in [-0.1, -0.05) is 30.7 Å². The average molecular weight is 368 g/mol. The first-order chi connectivity index (χ1) is 11.9. The number of carbonyl (C=O) groups excluding carboxylic acids is 1. The van der Waals surface area contributed by atoms with Crippen LogP contribution in [0.5, 0.6) is 0 Å². The van der Waals surface area contributed by atoms with Gasteiger partial charge in [0, 0.05) is 18.1 Å². The highest BCUT2D eigenvalue weighted by atomic mass is 35.5. The maximum Gasteiger partial charge on any atom is 0.304 e. The lowest BCUT2D eigenvalue weighted by molar-refractivity contribution is -0.154. The van der Waals surface area contributed by atoms with Crippen molar-refractivity contribution in [3.8, 4) is 0 Å². The lowest BCUT2D eigenvalue weighted by atomic mass is 9.84. The molecule has 4 unspecified atom stereocenters. The van der Waals surface area contributed by atoms with Gasteiger partial charge in [-0.15, -0.1) is 0 Å².